The molecular formula is C15H21N3O3. The third-order valence-corrected chi connectivity index (χ3v) is 3.78. The van der Waals surface area contributed by atoms with Crippen molar-refractivity contribution in [2.45, 2.75) is 13.8 Å². The van der Waals surface area contributed by atoms with E-state index in [9.17, 15) is 9.59 Å². The molecule has 6 heteroatoms. The maximum absolute atomic E-state index is 12.2. The van der Waals surface area contributed by atoms with Crippen LogP contribution in [-0.4, -0.2) is 59.6 Å². The van der Waals surface area contributed by atoms with Gasteiger partial charge in [0.15, 0.2) is 0 Å². The van der Waals surface area contributed by atoms with E-state index in [1.54, 1.807) is 4.90 Å². The summed E-state index contributed by atoms with van der Waals surface area (Å²) in [6.45, 7) is 6.35. The first-order valence-corrected chi connectivity index (χ1v) is 7.03. The summed E-state index contributed by atoms with van der Waals surface area (Å²) < 4.78 is 0. The molecule has 21 heavy (non-hydrogen) atoms. The van der Waals surface area contributed by atoms with Gasteiger partial charge in [-0.1, -0.05) is 6.07 Å². The van der Waals surface area contributed by atoms with Crippen LogP contribution < -0.4 is 5.32 Å². The molecule has 1 aromatic carbocycles. The Bertz CT molecular complexity index is 537. The number of carboxylic acids is 1. The molecule has 1 heterocycles. The minimum Gasteiger partial charge on any atom is -0.480 e. The van der Waals surface area contributed by atoms with Crippen LogP contribution in [0, 0.1) is 13.8 Å². The van der Waals surface area contributed by atoms with Gasteiger partial charge >= 0.3 is 12.0 Å². The van der Waals surface area contributed by atoms with Gasteiger partial charge in [0, 0.05) is 31.9 Å². The highest BCUT2D eigenvalue weighted by atomic mass is 16.4. The number of nitrogens with one attached hydrogen (secondary N) is 1. The van der Waals surface area contributed by atoms with Gasteiger partial charge in [-0.3, -0.25) is 9.69 Å². The number of nitrogens with zero attached hydrogens (tertiary/aromatic N) is 2. The average molecular weight is 291 g/mol. The Hall–Kier alpha value is -2.08. The van der Waals surface area contributed by atoms with E-state index in [1.807, 2.05) is 36.9 Å². The number of carbonyl (C=O) groups is 2. The Morgan fingerprint density at radius 3 is 2.38 bits per heavy atom. The maximum Gasteiger partial charge on any atom is 0.321 e. The van der Waals surface area contributed by atoms with Gasteiger partial charge in [-0.25, -0.2) is 4.79 Å². The van der Waals surface area contributed by atoms with Crippen LogP contribution in [0.15, 0.2) is 18.2 Å². The molecule has 0 bridgehead atoms. The van der Waals surface area contributed by atoms with Gasteiger partial charge < -0.3 is 15.3 Å². The summed E-state index contributed by atoms with van der Waals surface area (Å²) in [5.74, 6) is -0.831. The van der Waals surface area contributed by atoms with Gasteiger partial charge in [0.05, 0.1) is 6.54 Å². The fraction of sp³-hybridized carbons (Fsp3) is 0.467. The van der Waals surface area contributed by atoms with E-state index in [1.165, 1.54) is 5.56 Å². The number of anilines is 1. The van der Waals surface area contributed by atoms with Gasteiger partial charge in [-0.2, -0.15) is 0 Å². The van der Waals surface area contributed by atoms with Crippen molar-refractivity contribution in [3.05, 3.63) is 29.3 Å². The SMILES string of the molecule is Cc1ccc(NC(=O)N2CCN(CC(=O)O)CC2)cc1C. The zero-order chi connectivity index (χ0) is 15.4. The second-order valence-electron chi connectivity index (χ2n) is 5.39. The Morgan fingerprint density at radius 2 is 1.81 bits per heavy atom. The number of piperazine rings is 1. The van der Waals surface area contributed by atoms with Crippen molar-refractivity contribution >= 4 is 17.7 Å². The second-order valence-corrected chi connectivity index (χ2v) is 5.39. The lowest BCUT2D eigenvalue weighted by Crippen LogP contribution is -2.51. The zero-order valence-corrected chi connectivity index (χ0v) is 12.4. The maximum atomic E-state index is 12.2. The van der Waals surface area contributed by atoms with Crippen LogP contribution >= 0.6 is 0 Å². The van der Waals surface area contributed by atoms with E-state index in [-0.39, 0.29) is 12.6 Å². The lowest BCUT2D eigenvalue weighted by Gasteiger charge is -2.33. The third kappa shape index (κ3) is 4.19. The number of aliphatic carboxylic acids is 1. The fourth-order valence-electron chi connectivity index (χ4n) is 2.32. The third-order valence-electron chi connectivity index (χ3n) is 3.78. The molecule has 1 saturated heterocycles. The molecule has 0 unspecified atom stereocenters. The Morgan fingerprint density at radius 1 is 1.14 bits per heavy atom. The first-order valence-electron chi connectivity index (χ1n) is 7.03. The van der Waals surface area contributed by atoms with Crippen LogP contribution in [0.1, 0.15) is 11.1 Å². The largest absolute Gasteiger partial charge is 0.480 e. The lowest BCUT2D eigenvalue weighted by molar-refractivity contribution is -0.138. The molecule has 0 spiro atoms. The molecule has 1 aromatic rings. The second kappa shape index (κ2) is 6.58. The van der Waals surface area contributed by atoms with Gasteiger partial charge in [0.2, 0.25) is 0 Å². The van der Waals surface area contributed by atoms with Gasteiger partial charge in [-0.05, 0) is 37.1 Å². The Kier molecular flexibility index (Phi) is 4.80. The molecule has 1 fully saturated rings. The number of hydrogen-bond donors (Lipinski definition) is 2. The summed E-state index contributed by atoms with van der Waals surface area (Å²) in [6, 6.07) is 5.69. The molecule has 0 aromatic heterocycles. The molecule has 114 valence electrons. The lowest BCUT2D eigenvalue weighted by atomic mass is 10.1. The molecule has 0 saturated carbocycles. The minimum atomic E-state index is -0.831. The summed E-state index contributed by atoms with van der Waals surface area (Å²) in [6.07, 6.45) is 0. The molecule has 0 aliphatic carbocycles. The van der Waals surface area contributed by atoms with Crippen LogP contribution in [-0.2, 0) is 4.79 Å². The van der Waals surface area contributed by atoms with Crippen LogP contribution in [0.25, 0.3) is 0 Å². The highest BCUT2D eigenvalue weighted by Gasteiger charge is 2.22. The van der Waals surface area contributed by atoms with Crippen LogP contribution in [0.2, 0.25) is 0 Å². The highest BCUT2D eigenvalue weighted by molar-refractivity contribution is 5.89. The normalized spacial score (nSPS) is 15.8. The Labute approximate surface area is 124 Å². The number of urea groups is 1. The van der Waals surface area contributed by atoms with Crippen molar-refractivity contribution in [3.8, 4) is 0 Å². The molecule has 6 nitrogen and oxygen atoms in total. The summed E-state index contributed by atoms with van der Waals surface area (Å²) >= 11 is 0. The highest BCUT2D eigenvalue weighted by Crippen LogP contribution is 2.15. The average Bonchev–Trinajstić information content (AvgIpc) is 2.43. The van der Waals surface area contributed by atoms with Crippen molar-refractivity contribution in [2.24, 2.45) is 0 Å². The first-order chi connectivity index (χ1) is 9.95. The zero-order valence-electron chi connectivity index (χ0n) is 12.4. The van der Waals surface area contributed by atoms with E-state index in [2.05, 4.69) is 5.32 Å². The van der Waals surface area contributed by atoms with Crippen molar-refractivity contribution in [1.82, 2.24) is 9.80 Å². The van der Waals surface area contributed by atoms with Crippen LogP contribution in [0.5, 0.6) is 0 Å². The van der Waals surface area contributed by atoms with Crippen molar-refractivity contribution in [3.63, 3.8) is 0 Å². The van der Waals surface area contributed by atoms with Crippen LogP contribution in [0.3, 0.4) is 0 Å². The van der Waals surface area contributed by atoms with Crippen LogP contribution in [0.4, 0.5) is 10.5 Å². The standard InChI is InChI=1S/C15H21N3O3/c1-11-3-4-13(9-12(11)2)16-15(21)18-7-5-17(6-8-18)10-14(19)20/h3-4,9H,5-8,10H2,1-2H3,(H,16,21)(H,19,20). The molecule has 0 atom stereocenters. The number of carbonyl (C=O) groups excluding carboxylic acids is 1. The molecule has 2 N–H and O–H groups in total. The van der Waals surface area contributed by atoms with Crippen molar-refractivity contribution in [2.75, 3.05) is 38.0 Å². The number of rotatable bonds is 3. The smallest absolute Gasteiger partial charge is 0.321 e. The molecule has 1 aliphatic heterocycles. The number of hydrogen-bond acceptors (Lipinski definition) is 3. The van der Waals surface area contributed by atoms with E-state index >= 15 is 0 Å². The van der Waals surface area contributed by atoms with Gasteiger partial charge in [-0.15, -0.1) is 0 Å². The first kappa shape index (κ1) is 15.3. The predicted octanol–water partition coefficient (Wildman–Crippen LogP) is 1.54. The van der Waals surface area contributed by atoms with Crippen molar-refractivity contribution in [1.29, 1.82) is 0 Å². The topological polar surface area (TPSA) is 72.9 Å². The molecule has 1 aliphatic rings. The number of carboxylic acid groups (broad SMARTS) is 1. The molecule has 2 rings (SSSR count). The number of amides is 2. The molecule has 0 radical (unpaired) electrons. The Balaban J connectivity index is 1.87. The fourth-order valence-corrected chi connectivity index (χ4v) is 2.32. The summed E-state index contributed by atoms with van der Waals surface area (Å²) in [5.41, 5.74) is 3.12. The minimum absolute atomic E-state index is 0.0343. The van der Waals surface area contributed by atoms with E-state index in [4.69, 9.17) is 5.11 Å². The van der Waals surface area contributed by atoms with E-state index in [0.717, 1.165) is 11.3 Å². The number of aryl methyl sites for hydroxylation is 2. The molecule has 2 amide bonds. The van der Waals surface area contributed by atoms with Crippen molar-refractivity contribution < 1.29 is 14.7 Å². The van der Waals surface area contributed by atoms with Gasteiger partial charge in [0.25, 0.3) is 0 Å². The quantitative estimate of drug-likeness (QED) is 0.886. The molecular weight excluding hydrogens is 270 g/mol. The van der Waals surface area contributed by atoms with E-state index < -0.39 is 5.97 Å². The summed E-state index contributed by atoms with van der Waals surface area (Å²) in [5, 5.41) is 11.6. The number of benzene rings is 1. The van der Waals surface area contributed by atoms with Gasteiger partial charge in [0.1, 0.15) is 0 Å². The summed E-state index contributed by atoms with van der Waals surface area (Å²) in [7, 11) is 0. The summed E-state index contributed by atoms with van der Waals surface area (Å²) in [4.78, 5) is 26.4. The van der Waals surface area contributed by atoms with E-state index in [0.29, 0.717) is 26.2 Å². The monoisotopic (exact) mass is 291 g/mol. The predicted molar refractivity (Wildman–Crippen MR) is 80.6 cm³/mol.